The van der Waals surface area contributed by atoms with Crippen molar-refractivity contribution in [1.29, 1.82) is 0 Å². The molecule has 0 radical (unpaired) electrons. The maximum atomic E-state index is 13.7. The summed E-state index contributed by atoms with van der Waals surface area (Å²) < 4.78 is 25.6. The fourth-order valence-corrected chi connectivity index (χ4v) is 4.89. The second kappa shape index (κ2) is 8.21. The molecule has 0 aromatic heterocycles. The SMILES string of the molecule is O=P(Oc1ccccc1)(Oc1ccccc1)C1C/C=C\CCCC1. The van der Waals surface area contributed by atoms with Crippen molar-refractivity contribution in [1.82, 2.24) is 0 Å². The number of rotatable bonds is 5. The molecule has 1 aliphatic carbocycles. The lowest BCUT2D eigenvalue weighted by Crippen LogP contribution is -2.17. The minimum atomic E-state index is -3.34. The topological polar surface area (TPSA) is 35.5 Å². The Balaban J connectivity index is 1.88. The van der Waals surface area contributed by atoms with Gasteiger partial charge in [0.25, 0.3) is 0 Å². The van der Waals surface area contributed by atoms with E-state index < -0.39 is 7.60 Å². The summed E-state index contributed by atoms with van der Waals surface area (Å²) in [6, 6.07) is 18.6. The lowest BCUT2D eigenvalue weighted by atomic mass is 10.1. The summed E-state index contributed by atoms with van der Waals surface area (Å²) in [5.74, 6) is 1.17. The molecule has 0 saturated carbocycles. The Hall–Kier alpha value is -1.99. The van der Waals surface area contributed by atoms with E-state index >= 15 is 0 Å². The molecule has 0 spiro atoms. The Morgan fingerprint density at radius 3 is 1.96 bits per heavy atom. The molecule has 2 aromatic rings. The summed E-state index contributed by atoms with van der Waals surface area (Å²) in [6.07, 6.45) is 9.09. The zero-order valence-electron chi connectivity index (χ0n) is 13.7. The number of para-hydroxylation sites is 2. The maximum Gasteiger partial charge on any atom is 0.434 e. The first-order valence-corrected chi connectivity index (χ1v) is 10.1. The molecule has 0 fully saturated rings. The highest BCUT2D eigenvalue weighted by Crippen LogP contribution is 2.55. The van der Waals surface area contributed by atoms with Crippen LogP contribution in [0, 0.1) is 0 Å². The Kier molecular flexibility index (Phi) is 5.77. The van der Waals surface area contributed by atoms with Crippen molar-refractivity contribution in [3.8, 4) is 11.5 Å². The van der Waals surface area contributed by atoms with Crippen LogP contribution in [0.25, 0.3) is 0 Å². The number of benzene rings is 2. The van der Waals surface area contributed by atoms with Crippen molar-refractivity contribution in [3.63, 3.8) is 0 Å². The standard InChI is InChI=1S/C20H23O3P/c21-24(22-18-12-6-4-7-13-18,23-19-14-8-5-9-15-19)20-16-10-2-1-3-11-17-20/h2,4-10,12-15,20H,1,3,11,16-17H2/b10-2-. The highest BCUT2D eigenvalue weighted by molar-refractivity contribution is 7.55. The van der Waals surface area contributed by atoms with Crippen LogP contribution < -0.4 is 9.05 Å². The third-order valence-corrected chi connectivity index (χ3v) is 6.43. The zero-order valence-corrected chi connectivity index (χ0v) is 14.6. The van der Waals surface area contributed by atoms with Gasteiger partial charge >= 0.3 is 7.60 Å². The van der Waals surface area contributed by atoms with E-state index in [9.17, 15) is 4.57 Å². The first kappa shape index (κ1) is 16.9. The molecule has 4 heteroatoms. The number of hydrogen-bond acceptors (Lipinski definition) is 3. The molecule has 0 bridgehead atoms. The molecular formula is C20H23O3P. The molecule has 3 rings (SSSR count). The molecule has 126 valence electrons. The van der Waals surface area contributed by atoms with Crippen LogP contribution >= 0.6 is 7.60 Å². The second-order valence-corrected chi connectivity index (χ2v) is 8.17. The van der Waals surface area contributed by atoms with Crippen LogP contribution in [0.4, 0.5) is 0 Å². The van der Waals surface area contributed by atoms with E-state index in [0.29, 0.717) is 11.5 Å². The summed E-state index contributed by atoms with van der Waals surface area (Å²) in [6.45, 7) is 0. The summed E-state index contributed by atoms with van der Waals surface area (Å²) in [5, 5.41) is 0. The quantitative estimate of drug-likeness (QED) is 0.477. The van der Waals surface area contributed by atoms with Crippen molar-refractivity contribution in [2.24, 2.45) is 0 Å². The summed E-state index contributed by atoms with van der Waals surface area (Å²) in [4.78, 5) is 0. The Morgan fingerprint density at radius 1 is 0.792 bits per heavy atom. The van der Waals surface area contributed by atoms with E-state index in [4.69, 9.17) is 9.05 Å². The zero-order chi connectivity index (χ0) is 16.7. The predicted octanol–water partition coefficient (Wildman–Crippen LogP) is 6.23. The van der Waals surface area contributed by atoms with Crippen LogP contribution in [0.5, 0.6) is 11.5 Å². The van der Waals surface area contributed by atoms with Crippen LogP contribution in [0.15, 0.2) is 72.8 Å². The van der Waals surface area contributed by atoms with E-state index in [1.807, 2.05) is 60.7 Å². The van der Waals surface area contributed by atoms with Gasteiger partial charge in [0.1, 0.15) is 11.5 Å². The molecule has 1 aliphatic rings. The summed E-state index contributed by atoms with van der Waals surface area (Å²) in [5.41, 5.74) is -0.130. The van der Waals surface area contributed by atoms with E-state index in [-0.39, 0.29) is 5.66 Å². The van der Waals surface area contributed by atoms with Crippen molar-refractivity contribution in [2.45, 2.75) is 37.8 Å². The van der Waals surface area contributed by atoms with Gasteiger partial charge in [-0.2, -0.15) is 0 Å². The molecule has 1 unspecified atom stereocenters. The van der Waals surface area contributed by atoms with Gasteiger partial charge in [0, 0.05) is 0 Å². The van der Waals surface area contributed by atoms with Gasteiger partial charge in [0.15, 0.2) is 0 Å². The summed E-state index contributed by atoms with van der Waals surface area (Å²) >= 11 is 0. The molecule has 0 aliphatic heterocycles. The molecule has 3 nitrogen and oxygen atoms in total. The number of hydrogen-bond donors (Lipinski definition) is 0. The minimum absolute atomic E-state index is 0.130. The highest BCUT2D eigenvalue weighted by Gasteiger charge is 2.38. The lowest BCUT2D eigenvalue weighted by molar-refractivity contribution is 0.365. The maximum absolute atomic E-state index is 13.7. The molecule has 0 amide bonds. The van der Waals surface area contributed by atoms with Crippen molar-refractivity contribution >= 4 is 7.60 Å². The molecule has 0 saturated heterocycles. The minimum Gasteiger partial charge on any atom is -0.416 e. The van der Waals surface area contributed by atoms with Crippen LogP contribution in [0.1, 0.15) is 32.1 Å². The van der Waals surface area contributed by atoms with E-state index in [1.54, 1.807) is 0 Å². The van der Waals surface area contributed by atoms with Crippen molar-refractivity contribution in [3.05, 3.63) is 72.8 Å². The smallest absolute Gasteiger partial charge is 0.416 e. The van der Waals surface area contributed by atoms with Gasteiger partial charge in [0.2, 0.25) is 0 Å². The molecular weight excluding hydrogens is 319 g/mol. The lowest BCUT2D eigenvalue weighted by Gasteiger charge is -2.27. The fraction of sp³-hybridized carbons (Fsp3) is 0.300. The summed E-state index contributed by atoms with van der Waals surface area (Å²) in [7, 11) is -3.34. The molecule has 0 N–H and O–H groups in total. The Labute approximate surface area is 143 Å². The average molecular weight is 342 g/mol. The van der Waals surface area contributed by atoms with Crippen molar-refractivity contribution < 1.29 is 13.6 Å². The van der Waals surface area contributed by atoms with Crippen LogP contribution in [-0.4, -0.2) is 5.66 Å². The largest absolute Gasteiger partial charge is 0.434 e. The van der Waals surface area contributed by atoms with Gasteiger partial charge in [0.05, 0.1) is 5.66 Å². The molecule has 0 heterocycles. The van der Waals surface area contributed by atoms with E-state index in [1.165, 1.54) is 0 Å². The third-order valence-electron chi connectivity index (χ3n) is 4.13. The molecule has 1 atom stereocenters. The van der Waals surface area contributed by atoms with Crippen molar-refractivity contribution in [2.75, 3.05) is 0 Å². The normalized spacial score (nSPS) is 19.8. The van der Waals surface area contributed by atoms with Crippen LogP contribution in [0.2, 0.25) is 0 Å². The first-order valence-electron chi connectivity index (χ1n) is 8.50. The second-order valence-electron chi connectivity index (χ2n) is 5.99. The average Bonchev–Trinajstić information content (AvgIpc) is 2.56. The van der Waals surface area contributed by atoms with Gasteiger partial charge in [-0.05, 0) is 49.9 Å². The van der Waals surface area contributed by atoms with E-state index in [2.05, 4.69) is 12.2 Å². The Morgan fingerprint density at radius 2 is 1.38 bits per heavy atom. The van der Waals surface area contributed by atoms with Gasteiger partial charge in [-0.15, -0.1) is 0 Å². The monoisotopic (exact) mass is 342 g/mol. The fourth-order valence-electron chi connectivity index (χ4n) is 2.84. The predicted molar refractivity (Wildman–Crippen MR) is 97.8 cm³/mol. The van der Waals surface area contributed by atoms with Gasteiger partial charge in [-0.25, -0.2) is 4.57 Å². The first-order chi connectivity index (χ1) is 11.8. The number of allylic oxidation sites excluding steroid dienone is 2. The molecule has 2 aromatic carbocycles. The van der Waals surface area contributed by atoms with Gasteiger partial charge < -0.3 is 9.05 Å². The van der Waals surface area contributed by atoms with Crippen LogP contribution in [-0.2, 0) is 4.57 Å². The highest BCUT2D eigenvalue weighted by atomic mass is 31.2. The van der Waals surface area contributed by atoms with Gasteiger partial charge in [-0.1, -0.05) is 55.0 Å². The third kappa shape index (κ3) is 4.52. The molecule has 24 heavy (non-hydrogen) atoms. The van der Waals surface area contributed by atoms with Gasteiger partial charge in [-0.3, -0.25) is 0 Å². The van der Waals surface area contributed by atoms with E-state index in [0.717, 1.165) is 32.1 Å². The van der Waals surface area contributed by atoms with Crippen LogP contribution in [0.3, 0.4) is 0 Å². The Bertz CT molecular complexity index is 652.